The number of alkyl halides is 6. The summed E-state index contributed by atoms with van der Waals surface area (Å²) in [4.78, 5) is 14.3. The van der Waals surface area contributed by atoms with Crippen molar-refractivity contribution in [3.63, 3.8) is 0 Å². The van der Waals surface area contributed by atoms with Crippen LogP contribution in [0.1, 0.15) is 27.8 Å². The van der Waals surface area contributed by atoms with Crippen molar-refractivity contribution in [2.45, 2.75) is 25.7 Å². The average Bonchev–Trinajstić information content (AvgIpc) is 2.68. The maximum Gasteiger partial charge on any atom is 0.416 e. The molecule has 3 rings (SSSR count). The van der Waals surface area contributed by atoms with Gasteiger partial charge in [0.05, 0.1) is 11.1 Å². The van der Waals surface area contributed by atoms with Crippen LogP contribution in [0.4, 0.5) is 32.0 Å². The van der Waals surface area contributed by atoms with Gasteiger partial charge in [-0.1, -0.05) is 12.2 Å². The quantitative estimate of drug-likeness (QED) is 0.334. The molecular formula is C23H19F6NO2. The molecule has 0 atom stereocenters. The molecule has 0 bridgehead atoms. The maximum atomic E-state index is 13.0. The minimum Gasteiger partial charge on any atom is -0.422 e. The molecule has 0 fully saturated rings. The summed E-state index contributed by atoms with van der Waals surface area (Å²) in [5, 5.41) is 0.692. The summed E-state index contributed by atoms with van der Waals surface area (Å²) in [6.07, 6.45) is -7.40. The van der Waals surface area contributed by atoms with Gasteiger partial charge in [-0.3, -0.25) is 0 Å². The number of rotatable bonds is 4. The molecule has 0 saturated heterocycles. The van der Waals surface area contributed by atoms with Gasteiger partial charge >= 0.3 is 18.0 Å². The van der Waals surface area contributed by atoms with Crippen molar-refractivity contribution in [2.24, 2.45) is 0 Å². The number of anilines is 1. The Morgan fingerprint density at radius 1 is 0.938 bits per heavy atom. The number of hydrogen-bond acceptors (Lipinski definition) is 3. The van der Waals surface area contributed by atoms with Crippen LogP contribution in [0.3, 0.4) is 0 Å². The van der Waals surface area contributed by atoms with Gasteiger partial charge in [-0.2, -0.15) is 26.3 Å². The van der Waals surface area contributed by atoms with E-state index in [2.05, 4.69) is 0 Å². The maximum absolute atomic E-state index is 13.0. The zero-order chi connectivity index (χ0) is 23.8. The first kappa shape index (κ1) is 23.4. The molecule has 1 heterocycles. The lowest BCUT2D eigenvalue weighted by molar-refractivity contribution is -0.143. The number of fused-ring (bicyclic) bond motifs is 1. The molecular weight excluding hydrogens is 436 g/mol. The van der Waals surface area contributed by atoms with Gasteiger partial charge in [-0.05, 0) is 54.8 Å². The fourth-order valence-corrected chi connectivity index (χ4v) is 3.29. The van der Waals surface area contributed by atoms with E-state index in [-0.39, 0.29) is 23.6 Å². The van der Waals surface area contributed by atoms with Gasteiger partial charge in [0.25, 0.3) is 0 Å². The number of benzene rings is 2. The summed E-state index contributed by atoms with van der Waals surface area (Å²) >= 11 is 0. The van der Waals surface area contributed by atoms with E-state index < -0.39 is 29.1 Å². The standard InChI is InChI=1S/C23H19F6NO2/c1-13-18-8-7-17(30(2)3)12-20(18)32-21(31)19(13)6-4-5-14-9-15(22(24,25)26)11-16(10-14)23(27,28)29/h4-5,7-12H,6H2,1-3H3. The molecule has 170 valence electrons. The Kier molecular flexibility index (Phi) is 6.13. The Morgan fingerprint density at radius 3 is 2.06 bits per heavy atom. The molecule has 0 N–H and O–H groups in total. The number of hydrogen-bond donors (Lipinski definition) is 0. The molecule has 0 saturated carbocycles. The van der Waals surface area contributed by atoms with Crippen molar-refractivity contribution in [3.05, 3.63) is 80.7 Å². The molecule has 0 spiro atoms. The smallest absolute Gasteiger partial charge is 0.416 e. The molecule has 32 heavy (non-hydrogen) atoms. The summed E-state index contributed by atoms with van der Waals surface area (Å²) in [7, 11) is 3.67. The molecule has 3 nitrogen and oxygen atoms in total. The first-order valence-electron chi connectivity index (χ1n) is 9.47. The third-order valence-electron chi connectivity index (χ3n) is 5.03. The lowest BCUT2D eigenvalue weighted by Crippen LogP contribution is -2.11. The highest BCUT2D eigenvalue weighted by molar-refractivity contribution is 5.84. The summed E-state index contributed by atoms with van der Waals surface area (Å²) in [5.74, 6) is 0. The van der Waals surface area contributed by atoms with Crippen LogP contribution in [0.25, 0.3) is 17.0 Å². The first-order valence-corrected chi connectivity index (χ1v) is 9.47. The zero-order valence-electron chi connectivity index (χ0n) is 17.4. The molecule has 0 radical (unpaired) electrons. The topological polar surface area (TPSA) is 33.5 Å². The highest BCUT2D eigenvalue weighted by atomic mass is 19.4. The highest BCUT2D eigenvalue weighted by Crippen LogP contribution is 2.36. The molecule has 0 unspecified atom stereocenters. The third kappa shape index (κ3) is 4.98. The molecule has 1 aromatic heterocycles. The zero-order valence-corrected chi connectivity index (χ0v) is 17.4. The van der Waals surface area contributed by atoms with Crippen molar-refractivity contribution in [1.82, 2.24) is 0 Å². The summed E-state index contributed by atoms with van der Waals surface area (Å²) in [6.45, 7) is 1.71. The predicted octanol–water partition coefficient (Wildman–Crippen LogP) is 6.46. The fourth-order valence-electron chi connectivity index (χ4n) is 3.29. The number of allylic oxidation sites excluding steroid dienone is 1. The summed E-state index contributed by atoms with van der Waals surface area (Å²) in [5.41, 5.74) is -1.56. The van der Waals surface area contributed by atoms with E-state index in [0.29, 0.717) is 28.7 Å². The van der Waals surface area contributed by atoms with Gasteiger partial charge in [0, 0.05) is 36.8 Å². The minimum atomic E-state index is -4.93. The first-order chi connectivity index (χ1) is 14.8. The van der Waals surface area contributed by atoms with Crippen LogP contribution < -0.4 is 10.5 Å². The van der Waals surface area contributed by atoms with Crippen molar-refractivity contribution >= 4 is 22.7 Å². The van der Waals surface area contributed by atoms with E-state index in [0.717, 1.165) is 11.8 Å². The van der Waals surface area contributed by atoms with Gasteiger partial charge in [-0.15, -0.1) is 0 Å². The Hall–Kier alpha value is -3.23. The fraction of sp³-hybridized carbons (Fsp3) is 0.261. The van der Waals surface area contributed by atoms with Crippen LogP contribution in [-0.2, 0) is 18.8 Å². The SMILES string of the molecule is Cc1c(CC=Cc2cc(C(F)(F)F)cc(C(F)(F)F)c2)c(=O)oc2cc(N(C)C)ccc12. The summed E-state index contributed by atoms with van der Waals surface area (Å²) in [6, 6.07) is 6.68. The van der Waals surface area contributed by atoms with E-state index in [1.807, 2.05) is 25.1 Å². The predicted molar refractivity (Wildman–Crippen MR) is 111 cm³/mol. The Balaban J connectivity index is 1.97. The molecule has 0 aliphatic rings. The van der Waals surface area contributed by atoms with Gasteiger partial charge in [-0.25, -0.2) is 4.79 Å². The van der Waals surface area contributed by atoms with Crippen LogP contribution >= 0.6 is 0 Å². The lowest BCUT2D eigenvalue weighted by Gasteiger charge is -2.14. The number of aryl methyl sites for hydroxylation is 1. The highest BCUT2D eigenvalue weighted by Gasteiger charge is 2.36. The van der Waals surface area contributed by atoms with E-state index in [1.165, 1.54) is 6.08 Å². The van der Waals surface area contributed by atoms with Crippen molar-refractivity contribution in [3.8, 4) is 0 Å². The average molecular weight is 455 g/mol. The normalized spacial score (nSPS) is 12.7. The Labute approximate surface area is 179 Å². The molecule has 9 heteroatoms. The number of halogens is 6. The molecule has 0 aliphatic heterocycles. The van der Waals surface area contributed by atoms with Crippen LogP contribution in [0, 0.1) is 6.92 Å². The van der Waals surface area contributed by atoms with Gasteiger partial charge in [0.15, 0.2) is 0 Å². The minimum absolute atomic E-state index is 0.0167. The lowest BCUT2D eigenvalue weighted by atomic mass is 10.0. The Morgan fingerprint density at radius 2 is 1.53 bits per heavy atom. The van der Waals surface area contributed by atoms with E-state index >= 15 is 0 Å². The van der Waals surface area contributed by atoms with Crippen LogP contribution in [0.2, 0.25) is 0 Å². The van der Waals surface area contributed by atoms with E-state index in [1.54, 1.807) is 19.1 Å². The van der Waals surface area contributed by atoms with Crippen LogP contribution in [-0.4, -0.2) is 14.1 Å². The molecule has 0 amide bonds. The van der Waals surface area contributed by atoms with Gasteiger partial charge in [0.1, 0.15) is 5.58 Å². The summed E-state index contributed by atoms with van der Waals surface area (Å²) < 4.78 is 83.4. The van der Waals surface area contributed by atoms with Crippen molar-refractivity contribution < 1.29 is 30.8 Å². The second-order valence-corrected chi connectivity index (χ2v) is 7.51. The second kappa shape index (κ2) is 8.37. The van der Waals surface area contributed by atoms with Crippen molar-refractivity contribution in [1.29, 1.82) is 0 Å². The molecule has 0 aliphatic carbocycles. The van der Waals surface area contributed by atoms with Crippen molar-refractivity contribution in [2.75, 3.05) is 19.0 Å². The van der Waals surface area contributed by atoms with Crippen LogP contribution in [0.5, 0.6) is 0 Å². The second-order valence-electron chi connectivity index (χ2n) is 7.51. The van der Waals surface area contributed by atoms with Gasteiger partial charge in [0.2, 0.25) is 0 Å². The van der Waals surface area contributed by atoms with E-state index in [9.17, 15) is 31.1 Å². The molecule has 2 aromatic carbocycles. The largest absolute Gasteiger partial charge is 0.422 e. The van der Waals surface area contributed by atoms with Gasteiger partial charge < -0.3 is 9.32 Å². The molecule has 3 aromatic rings. The van der Waals surface area contributed by atoms with E-state index in [4.69, 9.17) is 4.42 Å². The third-order valence-corrected chi connectivity index (χ3v) is 5.03. The van der Waals surface area contributed by atoms with Crippen LogP contribution in [0.15, 0.2) is 51.7 Å². The number of nitrogens with zero attached hydrogens (tertiary/aromatic N) is 1. The Bertz CT molecular complexity index is 1200. The monoisotopic (exact) mass is 455 g/mol.